The lowest BCUT2D eigenvalue weighted by Gasteiger charge is -2.06. The van der Waals surface area contributed by atoms with E-state index in [2.05, 4.69) is 0 Å². The molecule has 1 aliphatic rings. The molecule has 1 aromatic carbocycles. The van der Waals surface area contributed by atoms with E-state index in [1.54, 1.807) is 0 Å². The van der Waals surface area contributed by atoms with Crippen LogP contribution in [0.5, 0.6) is 5.75 Å². The van der Waals surface area contributed by atoms with E-state index in [4.69, 9.17) is 4.74 Å². The highest BCUT2D eigenvalue weighted by molar-refractivity contribution is 5.77. The monoisotopic (exact) mass is 190 g/mol. The van der Waals surface area contributed by atoms with Gasteiger partial charge < -0.3 is 4.74 Å². The Morgan fingerprint density at radius 2 is 2.29 bits per heavy atom. The molecular formula is C12H14O2. The Kier molecular flexibility index (Phi) is 2.53. The summed E-state index contributed by atoms with van der Waals surface area (Å²) in [6, 6.07) is 5.59. The Labute approximate surface area is 83.9 Å². The van der Waals surface area contributed by atoms with E-state index in [1.807, 2.05) is 25.1 Å². The second-order valence-corrected chi connectivity index (χ2v) is 3.89. The van der Waals surface area contributed by atoms with Gasteiger partial charge in [0.2, 0.25) is 0 Å². The fraction of sp³-hybridized carbons (Fsp3) is 0.417. The van der Waals surface area contributed by atoms with Gasteiger partial charge in [0.25, 0.3) is 0 Å². The van der Waals surface area contributed by atoms with E-state index in [9.17, 15) is 4.79 Å². The molecule has 0 N–H and O–H groups in total. The molecule has 0 amide bonds. The summed E-state index contributed by atoms with van der Waals surface area (Å²) in [5, 5.41) is 0. The smallest absolute Gasteiger partial charge is 0.150 e. The van der Waals surface area contributed by atoms with E-state index in [-0.39, 0.29) is 0 Å². The van der Waals surface area contributed by atoms with Crippen molar-refractivity contribution in [1.29, 1.82) is 0 Å². The van der Waals surface area contributed by atoms with Crippen molar-refractivity contribution in [3.63, 3.8) is 0 Å². The zero-order valence-electron chi connectivity index (χ0n) is 8.32. The van der Waals surface area contributed by atoms with Crippen LogP contribution < -0.4 is 4.74 Å². The average Bonchev–Trinajstić information content (AvgIpc) is 2.98. The predicted molar refractivity (Wildman–Crippen MR) is 54.8 cm³/mol. The summed E-state index contributed by atoms with van der Waals surface area (Å²) in [5.41, 5.74) is 1.72. The van der Waals surface area contributed by atoms with Crippen molar-refractivity contribution in [1.82, 2.24) is 0 Å². The summed E-state index contributed by atoms with van der Waals surface area (Å²) in [7, 11) is 0. The molecule has 0 bridgehead atoms. The Balaban J connectivity index is 2.02. The normalized spacial score (nSPS) is 15.2. The van der Waals surface area contributed by atoms with Gasteiger partial charge >= 0.3 is 0 Å². The van der Waals surface area contributed by atoms with Gasteiger partial charge in [-0.15, -0.1) is 0 Å². The summed E-state index contributed by atoms with van der Waals surface area (Å²) in [6.07, 6.45) is 3.47. The van der Waals surface area contributed by atoms with Crippen molar-refractivity contribution >= 4 is 6.29 Å². The molecule has 2 heteroatoms. The lowest BCUT2D eigenvalue weighted by molar-refractivity contribution is 0.112. The van der Waals surface area contributed by atoms with Crippen molar-refractivity contribution in [2.45, 2.75) is 19.8 Å². The largest absolute Gasteiger partial charge is 0.493 e. The molecule has 2 rings (SSSR count). The number of hydrogen-bond donors (Lipinski definition) is 0. The molecule has 0 saturated heterocycles. The number of carbonyl (C=O) groups excluding carboxylic acids is 1. The lowest BCUT2D eigenvalue weighted by atomic mass is 10.1. The first-order valence-corrected chi connectivity index (χ1v) is 4.98. The van der Waals surface area contributed by atoms with Crippen LogP contribution in [-0.4, -0.2) is 12.9 Å². The molecule has 74 valence electrons. The van der Waals surface area contributed by atoms with Crippen molar-refractivity contribution in [3.05, 3.63) is 29.3 Å². The van der Waals surface area contributed by atoms with Crippen LogP contribution in [0, 0.1) is 12.8 Å². The number of aryl methyl sites for hydroxylation is 1. The van der Waals surface area contributed by atoms with Crippen molar-refractivity contribution in [3.8, 4) is 5.75 Å². The Bertz CT molecular complexity index is 340. The molecule has 14 heavy (non-hydrogen) atoms. The molecule has 2 nitrogen and oxygen atoms in total. The molecular weight excluding hydrogens is 176 g/mol. The second-order valence-electron chi connectivity index (χ2n) is 3.89. The summed E-state index contributed by atoms with van der Waals surface area (Å²) in [6.45, 7) is 2.74. The fourth-order valence-electron chi connectivity index (χ4n) is 1.37. The molecule has 1 aliphatic carbocycles. The van der Waals surface area contributed by atoms with E-state index >= 15 is 0 Å². The lowest BCUT2D eigenvalue weighted by Crippen LogP contribution is -1.99. The number of benzene rings is 1. The first kappa shape index (κ1) is 9.25. The standard InChI is InChI=1S/C12H14O2/c1-9-6-12(5-4-11(9)7-13)14-8-10-2-3-10/h4-7,10H,2-3,8H2,1H3. The van der Waals surface area contributed by atoms with Crippen LogP contribution in [0.25, 0.3) is 0 Å². The molecule has 1 saturated carbocycles. The maximum Gasteiger partial charge on any atom is 0.150 e. The van der Waals surface area contributed by atoms with Gasteiger partial charge in [-0.3, -0.25) is 4.79 Å². The number of rotatable bonds is 4. The van der Waals surface area contributed by atoms with Crippen molar-refractivity contribution in [2.75, 3.05) is 6.61 Å². The van der Waals surface area contributed by atoms with E-state index in [0.29, 0.717) is 0 Å². The Hall–Kier alpha value is -1.31. The Morgan fingerprint density at radius 1 is 1.50 bits per heavy atom. The fourth-order valence-corrected chi connectivity index (χ4v) is 1.37. The van der Waals surface area contributed by atoms with Crippen LogP contribution in [0.15, 0.2) is 18.2 Å². The number of hydrogen-bond acceptors (Lipinski definition) is 2. The van der Waals surface area contributed by atoms with Gasteiger partial charge in [-0.25, -0.2) is 0 Å². The quantitative estimate of drug-likeness (QED) is 0.682. The summed E-state index contributed by atoms with van der Waals surface area (Å²) >= 11 is 0. The van der Waals surface area contributed by atoms with E-state index in [0.717, 1.165) is 35.7 Å². The summed E-state index contributed by atoms with van der Waals surface area (Å²) in [4.78, 5) is 10.6. The minimum absolute atomic E-state index is 0.740. The zero-order chi connectivity index (χ0) is 9.97. The van der Waals surface area contributed by atoms with E-state index in [1.165, 1.54) is 12.8 Å². The first-order chi connectivity index (χ1) is 6.79. The van der Waals surface area contributed by atoms with Crippen LogP contribution in [-0.2, 0) is 0 Å². The average molecular weight is 190 g/mol. The van der Waals surface area contributed by atoms with Crippen LogP contribution >= 0.6 is 0 Å². The summed E-state index contributed by atoms with van der Waals surface area (Å²) < 4.78 is 5.59. The van der Waals surface area contributed by atoms with Crippen LogP contribution in [0.3, 0.4) is 0 Å². The van der Waals surface area contributed by atoms with Crippen LogP contribution in [0.4, 0.5) is 0 Å². The topological polar surface area (TPSA) is 26.3 Å². The number of ether oxygens (including phenoxy) is 1. The number of carbonyl (C=O) groups is 1. The highest BCUT2D eigenvalue weighted by atomic mass is 16.5. The van der Waals surface area contributed by atoms with Gasteiger partial charge in [0, 0.05) is 5.56 Å². The summed E-state index contributed by atoms with van der Waals surface area (Å²) in [5.74, 6) is 1.64. The van der Waals surface area contributed by atoms with Gasteiger partial charge in [-0.1, -0.05) is 0 Å². The maximum absolute atomic E-state index is 10.6. The van der Waals surface area contributed by atoms with Gasteiger partial charge in [0.05, 0.1) is 6.61 Å². The first-order valence-electron chi connectivity index (χ1n) is 4.98. The molecule has 0 aromatic heterocycles. The van der Waals surface area contributed by atoms with E-state index < -0.39 is 0 Å². The third-order valence-electron chi connectivity index (χ3n) is 2.55. The highest BCUT2D eigenvalue weighted by Gasteiger charge is 2.21. The van der Waals surface area contributed by atoms with Gasteiger partial charge in [0.1, 0.15) is 12.0 Å². The Morgan fingerprint density at radius 3 is 2.86 bits per heavy atom. The minimum Gasteiger partial charge on any atom is -0.493 e. The number of aldehydes is 1. The second kappa shape index (κ2) is 3.82. The SMILES string of the molecule is Cc1cc(OCC2CC2)ccc1C=O. The maximum atomic E-state index is 10.6. The van der Waals surface area contributed by atoms with Gasteiger partial charge in [-0.2, -0.15) is 0 Å². The molecule has 1 fully saturated rings. The molecule has 0 heterocycles. The third-order valence-corrected chi connectivity index (χ3v) is 2.55. The predicted octanol–water partition coefficient (Wildman–Crippen LogP) is 2.60. The molecule has 0 spiro atoms. The van der Waals surface area contributed by atoms with Gasteiger partial charge in [-0.05, 0) is 49.4 Å². The minimum atomic E-state index is 0.740. The van der Waals surface area contributed by atoms with Gasteiger partial charge in [0.15, 0.2) is 0 Å². The molecule has 0 radical (unpaired) electrons. The van der Waals surface area contributed by atoms with Crippen LogP contribution in [0.1, 0.15) is 28.8 Å². The third kappa shape index (κ3) is 2.13. The highest BCUT2D eigenvalue weighted by Crippen LogP contribution is 2.29. The van der Waals surface area contributed by atoms with Crippen LogP contribution in [0.2, 0.25) is 0 Å². The zero-order valence-corrected chi connectivity index (χ0v) is 8.32. The molecule has 1 aromatic rings. The molecule has 0 aliphatic heterocycles. The van der Waals surface area contributed by atoms with Crippen molar-refractivity contribution in [2.24, 2.45) is 5.92 Å². The van der Waals surface area contributed by atoms with Crippen molar-refractivity contribution < 1.29 is 9.53 Å². The molecule has 0 atom stereocenters. The molecule has 0 unspecified atom stereocenters.